The van der Waals surface area contributed by atoms with Crippen molar-refractivity contribution in [2.45, 2.75) is 50.2 Å². The summed E-state index contributed by atoms with van der Waals surface area (Å²) in [5, 5.41) is 8.07. The van der Waals surface area contributed by atoms with Crippen molar-refractivity contribution in [3.05, 3.63) is 41.7 Å². The third-order valence-electron chi connectivity index (χ3n) is 7.00. The molecular weight excluding hydrogens is 473 g/mol. The second-order valence-corrected chi connectivity index (χ2v) is 9.83. The van der Waals surface area contributed by atoms with E-state index in [1.807, 2.05) is 6.20 Å². The highest BCUT2D eigenvalue weighted by Gasteiger charge is 2.43. The molecule has 1 aliphatic heterocycles. The van der Waals surface area contributed by atoms with Crippen LogP contribution in [0.25, 0.3) is 0 Å². The number of benzene rings is 1. The van der Waals surface area contributed by atoms with E-state index in [9.17, 15) is 18.0 Å². The van der Waals surface area contributed by atoms with Crippen molar-refractivity contribution in [3.8, 4) is 5.75 Å². The van der Waals surface area contributed by atoms with Gasteiger partial charge in [-0.05, 0) is 61.8 Å². The Kier molecular flexibility index (Phi) is 6.37. The lowest BCUT2D eigenvalue weighted by Crippen LogP contribution is -2.37. The van der Waals surface area contributed by atoms with E-state index in [0.717, 1.165) is 31.6 Å². The number of rotatable bonds is 7. The van der Waals surface area contributed by atoms with Crippen molar-refractivity contribution in [1.82, 2.24) is 15.1 Å². The van der Waals surface area contributed by atoms with Gasteiger partial charge < -0.3 is 15.0 Å². The zero-order valence-corrected chi connectivity index (χ0v) is 19.1. The van der Waals surface area contributed by atoms with Crippen LogP contribution in [0, 0.1) is 11.8 Å². The molecule has 1 amide bonds. The first-order valence-corrected chi connectivity index (χ1v) is 11.8. The lowest BCUT2D eigenvalue weighted by atomic mass is 9.89. The van der Waals surface area contributed by atoms with Crippen molar-refractivity contribution in [3.63, 3.8) is 0 Å². The number of anilines is 1. The van der Waals surface area contributed by atoms with Crippen LogP contribution in [0.5, 0.6) is 5.75 Å². The molecule has 2 atom stereocenters. The van der Waals surface area contributed by atoms with E-state index >= 15 is 0 Å². The van der Waals surface area contributed by atoms with E-state index in [0.29, 0.717) is 35.4 Å². The largest absolute Gasteiger partial charge is 0.522 e. The summed E-state index contributed by atoms with van der Waals surface area (Å²) >= 11 is 5.85. The minimum atomic E-state index is -4.58. The van der Waals surface area contributed by atoms with Crippen molar-refractivity contribution in [2.24, 2.45) is 11.8 Å². The molecule has 1 saturated heterocycles. The molecule has 0 radical (unpaired) electrons. The second-order valence-electron chi connectivity index (χ2n) is 9.39. The summed E-state index contributed by atoms with van der Waals surface area (Å²) in [6, 6.07) is 6.97. The number of amides is 1. The molecule has 2 unspecified atom stereocenters. The third kappa shape index (κ3) is 5.43. The monoisotopic (exact) mass is 498 g/mol. The Morgan fingerprint density at radius 2 is 1.79 bits per heavy atom. The number of nitrogens with zero attached hydrogens (tertiary/aromatic N) is 3. The molecule has 34 heavy (non-hydrogen) atoms. The van der Waals surface area contributed by atoms with Crippen LogP contribution in [0.3, 0.4) is 0 Å². The van der Waals surface area contributed by atoms with Crippen molar-refractivity contribution in [2.75, 3.05) is 24.6 Å². The van der Waals surface area contributed by atoms with Gasteiger partial charge in [0, 0.05) is 30.4 Å². The molecule has 11 heteroatoms. The Bertz CT molecular complexity index is 996. The van der Waals surface area contributed by atoms with Gasteiger partial charge in [-0.2, -0.15) is 5.10 Å². The quantitative estimate of drug-likeness (QED) is 0.620. The maximum absolute atomic E-state index is 12.3. The summed E-state index contributed by atoms with van der Waals surface area (Å²) in [7, 11) is 0. The molecule has 5 rings (SSSR count). The van der Waals surface area contributed by atoms with Gasteiger partial charge in [0.05, 0.1) is 24.0 Å². The Morgan fingerprint density at radius 1 is 1.12 bits per heavy atom. The number of ether oxygens (including phenoxy) is 2. The molecule has 3 aliphatic rings. The molecule has 1 aromatic heterocycles. The molecule has 1 N–H and O–H groups in total. The van der Waals surface area contributed by atoms with Crippen molar-refractivity contribution < 1.29 is 27.4 Å². The Hall–Kier alpha value is -2.46. The van der Waals surface area contributed by atoms with Crippen LogP contribution in [0.15, 0.2) is 36.7 Å². The number of carbonyl (C=O) groups excluding carboxylic acids is 1. The number of nitrogens with one attached hydrogen (secondary N) is 1. The summed E-state index contributed by atoms with van der Waals surface area (Å²) in [5.41, 5.74) is 0.992. The molecule has 2 aromatic rings. The standard InChI is InChI=1S/C23H26ClF3N4O3/c24-16-1-3-20(4-2-16)33-13-22(32)29-17-5-14-10-30(11-15(14)6-17)19-9-28-31(12-19)18-7-21(8-18)34-23(25,26)27/h1-4,9,12,14-15,17-18,21H,5-8,10-11,13H2,(H,29,32)/t14?,15?,17?,18-,21+. The molecule has 7 nitrogen and oxygen atoms in total. The second kappa shape index (κ2) is 9.30. The predicted molar refractivity (Wildman–Crippen MR) is 119 cm³/mol. The van der Waals surface area contributed by atoms with Crippen LogP contribution in [0.4, 0.5) is 18.9 Å². The number of halogens is 4. The normalized spacial score (nSPS) is 28.5. The molecule has 2 aliphatic carbocycles. The first-order valence-electron chi connectivity index (χ1n) is 11.4. The van der Waals surface area contributed by atoms with Crippen molar-refractivity contribution in [1.29, 1.82) is 0 Å². The molecular formula is C23H26ClF3N4O3. The molecule has 0 bridgehead atoms. The Morgan fingerprint density at radius 3 is 2.44 bits per heavy atom. The van der Waals surface area contributed by atoms with Crippen LogP contribution in [-0.2, 0) is 9.53 Å². The Labute approximate surface area is 200 Å². The van der Waals surface area contributed by atoms with Gasteiger partial charge in [0.25, 0.3) is 5.91 Å². The highest BCUT2D eigenvalue weighted by Crippen LogP contribution is 2.41. The fourth-order valence-electron chi connectivity index (χ4n) is 5.31. The van der Waals surface area contributed by atoms with E-state index < -0.39 is 12.5 Å². The number of carbonyl (C=O) groups is 1. The van der Waals surface area contributed by atoms with Crippen LogP contribution in [0.1, 0.15) is 31.7 Å². The van der Waals surface area contributed by atoms with Gasteiger partial charge in [-0.25, -0.2) is 0 Å². The molecule has 3 fully saturated rings. The van der Waals surface area contributed by atoms with Crippen molar-refractivity contribution >= 4 is 23.2 Å². The zero-order valence-electron chi connectivity index (χ0n) is 18.4. The Balaban J connectivity index is 1.05. The van der Waals surface area contributed by atoms with Gasteiger partial charge in [-0.1, -0.05) is 11.6 Å². The number of alkyl halides is 3. The van der Waals surface area contributed by atoms with E-state index in [2.05, 4.69) is 20.1 Å². The minimum absolute atomic E-state index is 0.0329. The van der Waals surface area contributed by atoms with E-state index in [-0.39, 0.29) is 24.6 Å². The fourth-order valence-corrected chi connectivity index (χ4v) is 5.43. The highest BCUT2D eigenvalue weighted by atomic mass is 35.5. The predicted octanol–water partition coefficient (Wildman–Crippen LogP) is 4.19. The molecule has 1 aromatic carbocycles. The average Bonchev–Trinajstić information content (AvgIpc) is 3.44. The van der Waals surface area contributed by atoms with Crippen LogP contribution in [0.2, 0.25) is 5.02 Å². The van der Waals surface area contributed by atoms with Gasteiger partial charge in [0.15, 0.2) is 6.61 Å². The SMILES string of the molecule is O=C(COc1ccc(Cl)cc1)NC1CC2CN(c3cnn([C@H]4C[C@@H](OC(F)(F)F)C4)c3)CC2C1. The summed E-state index contributed by atoms with van der Waals surface area (Å²) in [4.78, 5) is 14.6. The molecule has 0 spiro atoms. The average molecular weight is 499 g/mol. The third-order valence-corrected chi connectivity index (χ3v) is 7.25. The first kappa shape index (κ1) is 23.3. The van der Waals surface area contributed by atoms with Gasteiger partial charge in [0.2, 0.25) is 0 Å². The van der Waals surface area contributed by atoms with Crippen LogP contribution < -0.4 is 15.0 Å². The topological polar surface area (TPSA) is 68.6 Å². The zero-order chi connectivity index (χ0) is 23.9. The fraction of sp³-hybridized carbons (Fsp3) is 0.565. The first-order chi connectivity index (χ1) is 16.2. The molecule has 2 heterocycles. The summed E-state index contributed by atoms with van der Waals surface area (Å²) < 4.78 is 48.3. The lowest BCUT2D eigenvalue weighted by Gasteiger charge is -2.35. The highest BCUT2D eigenvalue weighted by molar-refractivity contribution is 6.30. The van der Waals surface area contributed by atoms with Gasteiger partial charge in [-0.15, -0.1) is 13.2 Å². The summed E-state index contributed by atoms with van der Waals surface area (Å²) in [6.07, 6.45) is 0.799. The maximum Gasteiger partial charge on any atom is 0.522 e. The minimum Gasteiger partial charge on any atom is -0.484 e. The van der Waals surface area contributed by atoms with E-state index in [1.54, 1.807) is 35.1 Å². The number of aromatic nitrogens is 2. The number of hydrogen-bond acceptors (Lipinski definition) is 5. The lowest BCUT2D eigenvalue weighted by molar-refractivity contribution is -0.353. The maximum atomic E-state index is 12.3. The van der Waals surface area contributed by atoms with Gasteiger partial charge in [-0.3, -0.25) is 14.2 Å². The summed E-state index contributed by atoms with van der Waals surface area (Å²) in [6.45, 7) is 1.73. The smallest absolute Gasteiger partial charge is 0.484 e. The number of fused-ring (bicyclic) bond motifs is 1. The van der Waals surface area contributed by atoms with Gasteiger partial charge in [0.1, 0.15) is 5.75 Å². The molecule has 2 saturated carbocycles. The summed E-state index contributed by atoms with van der Waals surface area (Å²) in [5.74, 6) is 1.44. The van der Waals surface area contributed by atoms with Crippen LogP contribution in [-0.4, -0.2) is 53.9 Å². The number of hydrogen-bond donors (Lipinski definition) is 1. The molecule has 184 valence electrons. The van der Waals surface area contributed by atoms with Crippen LogP contribution >= 0.6 is 11.6 Å². The van der Waals surface area contributed by atoms with Gasteiger partial charge >= 0.3 is 6.36 Å². The van der Waals surface area contributed by atoms with E-state index in [4.69, 9.17) is 16.3 Å². The van der Waals surface area contributed by atoms with E-state index in [1.165, 1.54) is 0 Å².